The lowest BCUT2D eigenvalue weighted by Crippen LogP contribution is -2.59. The third-order valence-corrected chi connectivity index (χ3v) is 5.22. The van der Waals surface area contributed by atoms with Gasteiger partial charge in [-0.05, 0) is 25.3 Å². The molecule has 7 heteroatoms. The monoisotopic (exact) mass is 347 g/mol. The van der Waals surface area contributed by atoms with Gasteiger partial charge >= 0.3 is 0 Å². The maximum absolute atomic E-state index is 12.6. The number of hydrogen-bond donors (Lipinski definition) is 1. The van der Waals surface area contributed by atoms with Gasteiger partial charge in [0.15, 0.2) is 0 Å². The van der Waals surface area contributed by atoms with Crippen molar-refractivity contribution in [2.24, 2.45) is 5.92 Å². The molecule has 0 spiro atoms. The number of pyridine rings is 1. The number of carbonyl (C=O) groups excluding carboxylic acids is 2. The molecule has 2 aliphatic rings. The Bertz CT molecular complexity index is 610. The number of methoxy groups -OCH3 is 1. The van der Waals surface area contributed by atoms with Gasteiger partial charge in [-0.15, -0.1) is 0 Å². The van der Waals surface area contributed by atoms with E-state index >= 15 is 0 Å². The topological polar surface area (TPSA) is 80.8 Å². The van der Waals surface area contributed by atoms with Crippen LogP contribution in [0.15, 0.2) is 24.4 Å². The molecule has 3 rings (SSSR count). The van der Waals surface area contributed by atoms with Gasteiger partial charge in [0.05, 0.1) is 12.6 Å². The smallest absolute Gasteiger partial charge is 0.232 e. The van der Waals surface area contributed by atoms with E-state index in [1.54, 1.807) is 20.4 Å². The van der Waals surface area contributed by atoms with Crippen LogP contribution in [0, 0.1) is 5.92 Å². The van der Waals surface area contributed by atoms with E-state index in [0.717, 1.165) is 19.3 Å². The van der Waals surface area contributed by atoms with Crippen molar-refractivity contribution in [3.8, 4) is 5.88 Å². The lowest BCUT2D eigenvalue weighted by Gasteiger charge is -2.49. The molecule has 2 heterocycles. The van der Waals surface area contributed by atoms with E-state index in [1.165, 1.54) is 0 Å². The normalized spacial score (nSPS) is 28.3. The van der Waals surface area contributed by atoms with E-state index in [1.807, 2.05) is 23.1 Å². The van der Waals surface area contributed by atoms with E-state index in [0.29, 0.717) is 12.4 Å². The fraction of sp³-hybridized carbons (Fsp3) is 0.611. The number of ether oxygens (including phenoxy) is 2. The summed E-state index contributed by atoms with van der Waals surface area (Å²) in [6.45, 7) is 0.460. The lowest BCUT2D eigenvalue weighted by atomic mass is 9.75. The predicted molar refractivity (Wildman–Crippen MR) is 91.0 cm³/mol. The summed E-state index contributed by atoms with van der Waals surface area (Å²) in [7, 11) is 3.27. The summed E-state index contributed by atoms with van der Waals surface area (Å²) in [4.78, 5) is 30.2. The first-order chi connectivity index (χ1) is 12.1. The van der Waals surface area contributed by atoms with Gasteiger partial charge < -0.3 is 19.7 Å². The summed E-state index contributed by atoms with van der Waals surface area (Å²) in [5, 5.41) is 2.51. The number of nitrogens with one attached hydrogen (secondary N) is 1. The van der Waals surface area contributed by atoms with Gasteiger partial charge in [-0.2, -0.15) is 0 Å². The number of hydrogen-bond acceptors (Lipinski definition) is 5. The molecule has 1 saturated heterocycles. The molecule has 0 aromatic carbocycles. The molecule has 1 aliphatic heterocycles. The van der Waals surface area contributed by atoms with Crippen LogP contribution in [0.1, 0.15) is 25.7 Å². The number of rotatable bonds is 5. The second-order valence-electron chi connectivity index (χ2n) is 6.63. The molecule has 136 valence electrons. The molecule has 2 fully saturated rings. The van der Waals surface area contributed by atoms with E-state index in [2.05, 4.69) is 10.3 Å². The Hall–Kier alpha value is -2.15. The van der Waals surface area contributed by atoms with Gasteiger partial charge in [-0.25, -0.2) is 4.98 Å². The Morgan fingerprint density at radius 2 is 2.16 bits per heavy atom. The Morgan fingerprint density at radius 1 is 1.32 bits per heavy atom. The molecule has 2 amide bonds. The Kier molecular flexibility index (Phi) is 5.53. The second-order valence-corrected chi connectivity index (χ2v) is 6.63. The summed E-state index contributed by atoms with van der Waals surface area (Å²) in [6, 6.07) is 5.67. The zero-order valence-electron chi connectivity index (χ0n) is 14.7. The first kappa shape index (κ1) is 17.7. The van der Waals surface area contributed by atoms with Crippen LogP contribution < -0.4 is 10.1 Å². The van der Waals surface area contributed by atoms with Gasteiger partial charge in [-0.3, -0.25) is 9.59 Å². The van der Waals surface area contributed by atoms with Crippen LogP contribution in [0.25, 0.3) is 0 Å². The average molecular weight is 347 g/mol. The molecule has 1 aliphatic carbocycles. The summed E-state index contributed by atoms with van der Waals surface area (Å²) >= 11 is 0. The van der Waals surface area contributed by atoms with Crippen molar-refractivity contribution < 1.29 is 19.1 Å². The van der Waals surface area contributed by atoms with Gasteiger partial charge in [0.2, 0.25) is 17.7 Å². The zero-order chi connectivity index (χ0) is 17.8. The minimum absolute atomic E-state index is 0.123. The standard InChI is InChI=1S/C18H25N3O4/c1-19-16(22)10-18(23)21-11-15(25-17-5-3-4-8-20-17)13-9-12(21)6-7-14(13)24-2/h3-5,8,12-15H,6-7,9-11H2,1-2H3,(H,19,22)/t12-,13-,14+,15-/m0/s1. The molecular formula is C18H25N3O4. The first-order valence-corrected chi connectivity index (χ1v) is 8.73. The first-order valence-electron chi connectivity index (χ1n) is 8.73. The van der Waals surface area contributed by atoms with Crippen LogP contribution in [0.2, 0.25) is 0 Å². The number of fused-ring (bicyclic) bond motifs is 2. The third-order valence-electron chi connectivity index (χ3n) is 5.22. The maximum Gasteiger partial charge on any atom is 0.232 e. The van der Waals surface area contributed by atoms with Crippen molar-refractivity contribution in [2.75, 3.05) is 20.7 Å². The number of likely N-dealkylation sites (tertiary alicyclic amines) is 1. The van der Waals surface area contributed by atoms with Crippen LogP contribution in [0.3, 0.4) is 0 Å². The Morgan fingerprint density at radius 3 is 2.84 bits per heavy atom. The van der Waals surface area contributed by atoms with Crippen LogP contribution in [-0.4, -0.2) is 60.7 Å². The van der Waals surface area contributed by atoms with E-state index < -0.39 is 0 Å². The number of amides is 2. The van der Waals surface area contributed by atoms with Crippen molar-refractivity contribution in [3.63, 3.8) is 0 Å². The molecule has 0 unspecified atom stereocenters. The van der Waals surface area contributed by atoms with E-state index in [4.69, 9.17) is 9.47 Å². The molecule has 2 bridgehead atoms. The van der Waals surface area contributed by atoms with Crippen molar-refractivity contribution in [1.29, 1.82) is 0 Å². The minimum Gasteiger partial charge on any atom is -0.472 e. The van der Waals surface area contributed by atoms with Crippen molar-refractivity contribution in [3.05, 3.63) is 24.4 Å². The summed E-state index contributed by atoms with van der Waals surface area (Å²) in [6.07, 6.45) is 4.11. The number of piperidine rings is 1. The highest BCUT2D eigenvalue weighted by molar-refractivity contribution is 5.96. The van der Waals surface area contributed by atoms with Gasteiger partial charge in [0, 0.05) is 38.4 Å². The second kappa shape index (κ2) is 7.82. The van der Waals surface area contributed by atoms with Gasteiger partial charge in [0.25, 0.3) is 0 Å². The van der Waals surface area contributed by atoms with Crippen LogP contribution in [0.5, 0.6) is 5.88 Å². The molecule has 4 atom stereocenters. The molecule has 0 radical (unpaired) electrons. The Labute approximate surface area is 147 Å². The molecular weight excluding hydrogens is 322 g/mol. The van der Waals surface area contributed by atoms with Crippen LogP contribution in [0.4, 0.5) is 0 Å². The molecule has 1 saturated carbocycles. The van der Waals surface area contributed by atoms with Gasteiger partial charge in [0.1, 0.15) is 12.5 Å². The Balaban J connectivity index is 1.76. The maximum atomic E-state index is 12.6. The summed E-state index contributed by atoms with van der Waals surface area (Å²) < 4.78 is 11.8. The highest BCUT2D eigenvalue weighted by atomic mass is 16.5. The minimum atomic E-state index is -0.264. The fourth-order valence-electron chi connectivity index (χ4n) is 3.93. The number of aromatic nitrogens is 1. The SMILES string of the molecule is CNC(=O)CC(=O)N1C[C@H](Oc2ccccn2)[C@H]2C[C@@H]1CC[C@H]2OC. The molecule has 25 heavy (non-hydrogen) atoms. The van der Waals surface area contributed by atoms with Crippen molar-refractivity contribution in [1.82, 2.24) is 15.2 Å². The highest BCUT2D eigenvalue weighted by Crippen LogP contribution is 2.38. The van der Waals surface area contributed by atoms with Crippen molar-refractivity contribution in [2.45, 2.75) is 43.9 Å². The van der Waals surface area contributed by atoms with E-state index in [-0.39, 0.29) is 42.4 Å². The number of carbonyl (C=O) groups is 2. The third kappa shape index (κ3) is 3.92. The average Bonchev–Trinajstić information content (AvgIpc) is 2.64. The molecule has 1 N–H and O–H groups in total. The predicted octanol–water partition coefficient (Wildman–Crippen LogP) is 0.991. The quantitative estimate of drug-likeness (QED) is 0.804. The molecule has 7 nitrogen and oxygen atoms in total. The molecule has 1 aromatic rings. The van der Waals surface area contributed by atoms with E-state index in [9.17, 15) is 9.59 Å². The number of nitrogens with zero attached hydrogens (tertiary/aromatic N) is 2. The lowest BCUT2D eigenvalue weighted by molar-refractivity contribution is -0.149. The van der Waals surface area contributed by atoms with Crippen LogP contribution in [-0.2, 0) is 14.3 Å². The van der Waals surface area contributed by atoms with Gasteiger partial charge in [-0.1, -0.05) is 6.07 Å². The van der Waals surface area contributed by atoms with Crippen LogP contribution >= 0.6 is 0 Å². The van der Waals surface area contributed by atoms with Crippen molar-refractivity contribution >= 4 is 11.8 Å². The fourth-order valence-corrected chi connectivity index (χ4v) is 3.93. The molecule has 1 aromatic heterocycles. The highest BCUT2D eigenvalue weighted by Gasteiger charge is 2.46. The summed E-state index contributed by atoms with van der Waals surface area (Å²) in [5.41, 5.74) is 0. The largest absolute Gasteiger partial charge is 0.472 e. The zero-order valence-corrected chi connectivity index (χ0v) is 14.7. The summed E-state index contributed by atoms with van der Waals surface area (Å²) in [5.74, 6) is 0.355.